The summed E-state index contributed by atoms with van der Waals surface area (Å²) in [7, 11) is 0. The maximum atomic E-state index is 13.0. The Balaban J connectivity index is 1.88. The summed E-state index contributed by atoms with van der Waals surface area (Å²) in [4.78, 5) is 26.8. The van der Waals surface area contributed by atoms with Gasteiger partial charge in [0.15, 0.2) is 0 Å². The molecule has 0 atom stereocenters. The minimum absolute atomic E-state index is 0.0426. The maximum absolute atomic E-state index is 13.0. The summed E-state index contributed by atoms with van der Waals surface area (Å²) in [6.45, 7) is 6.43. The largest absolute Gasteiger partial charge is 0.494 e. The van der Waals surface area contributed by atoms with Crippen LogP contribution in [-0.4, -0.2) is 24.5 Å². The van der Waals surface area contributed by atoms with E-state index in [1.54, 1.807) is 48.5 Å². The summed E-state index contributed by atoms with van der Waals surface area (Å²) >= 11 is 6.26. The zero-order valence-electron chi connectivity index (χ0n) is 16.1. The van der Waals surface area contributed by atoms with Crippen LogP contribution in [0.15, 0.2) is 53.6 Å². The highest BCUT2D eigenvalue weighted by atomic mass is 35.5. The molecule has 0 radical (unpaired) electrons. The third-order valence-corrected chi connectivity index (χ3v) is 4.44. The standard InChI is InChI=1S/C22H22ClNO4/c1-4-12-27-18-7-5-6-16(13-18)24-21(25)19(20(23)22(24)26)15-8-10-17(11-9-15)28-14(2)3/h5-11,13-14H,4,12H2,1-3H3. The van der Waals surface area contributed by atoms with Crippen LogP contribution in [0, 0.1) is 0 Å². The molecule has 1 heterocycles. The van der Waals surface area contributed by atoms with Gasteiger partial charge in [-0.15, -0.1) is 0 Å². The number of hydrogen-bond acceptors (Lipinski definition) is 4. The monoisotopic (exact) mass is 399 g/mol. The van der Waals surface area contributed by atoms with Gasteiger partial charge in [0.2, 0.25) is 0 Å². The molecule has 6 heteroatoms. The number of benzene rings is 2. The van der Waals surface area contributed by atoms with Gasteiger partial charge in [-0.2, -0.15) is 0 Å². The number of halogens is 1. The summed E-state index contributed by atoms with van der Waals surface area (Å²) < 4.78 is 11.2. The van der Waals surface area contributed by atoms with E-state index in [-0.39, 0.29) is 16.7 Å². The normalized spacial score (nSPS) is 14.2. The first kappa shape index (κ1) is 20.0. The predicted molar refractivity (Wildman–Crippen MR) is 110 cm³/mol. The molecule has 2 amide bonds. The van der Waals surface area contributed by atoms with E-state index in [0.717, 1.165) is 11.3 Å². The fourth-order valence-electron chi connectivity index (χ4n) is 2.89. The van der Waals surface area contributed by atoms with Crippen molar-refractivity contribution in [2.24, 2.45) is 0 Å². The minimum atomic E-state index is -0.545. The van der Waals surface area contributed by atoms with Crippen molar-refractivity contribution in [1.82, 2.24) is 0 Å². The van der Waals surface area contributed by atoms with Crippen LogP contribution in [0.3, 0.4) is 0 Å². The third-order valence-electron chi connectivity index (χ3n) is 4.09. The Labute approximate surface area is 169 Å². The molecule has 0 spiro atoms. The quantitative estimate of drug-likeness (QED) is 0.628. The van der Waals surface area contributed by atoms with Gasteiger partial charge in [0.25, 0.3) is 11.8 Å². The van der Waals surface area contributed by atoms with Crippen LogP contribution in [0.1, 0.15) is 32.8 Å². The van der Waals surface area contributed by atoms with E-state index in [9.17, 15) is 9.59 Å². The molecule has 0 saturated carbocycles. The van der Waals surface area contributed by atoms with Crippen LogP contribution in [0.4, 0.5) is 5.69 Å². The van der Waals surface area contributed by atoms with Crippen molar-refractivity contribution in [3.63, 3.8) is 0 Å². The number of anilines is 1. The molecule has 146 valence electrons. The highest BCUT2D eigenvalue weighted by Gasteiger charge is 2.39. The molecular formula is C22H22ClNO4. The summed E-state index contributed by atoms with van der Waals surface area (Å²) in [6.07, 6.45) is 0.904. The summed E-state index contributed by atoms with van der Waals surface area (Å²) in [5.41, 5.74) is 1.18. The van der Waals surface area contributed by atoms with Gasteiger partial charge in [-0.3, -0.25) is 9.59 Å². The Hall–Kier alpha value is -2.79. The van der Waals surface area contributed by atoms with E-state index >= 15 is 0 Å². The first-order valence-electron chi connectivity index (χ1n) is 9.21. The Kier molecular flexibility index (Phi) is 6.05. The second kappa shape index (κ2) is 8.48. The molecule has 2 aromatic carbocycles. The van der Waals surface area contributed by atoms with Crippen LogP contribution < -0.4 is 14.4 Å². The van der Waals surface area contributed by atoms with Crippen molar-refractivity contribution in [3.05, 3.63) is 59.1 Å². The van der Waals surface area contributed by atoms with Gasteiger partial charge in [0, 0.05) is 6.07 Å². The number of imide groups is 1. The van der Waals surface area contributed by atoms with Gasteiger partial charge < -0.3 is 9.47 Å². The molecule has 1 aliphatic rings. The molecule has 2 aromatic rings. The number of amides is 2. The number of hydrogen-bond donors (Lipinski definition) is 0. The number of rotatable bonds is 7. The molecule has 3 rings (SSSR count). The van der Waals surface area contributed by atoms with Crippen molar-refractivity contribution < 1.29 is 19.1 Å². The van der Waals surface area contributed by atoms with Crippen LogP contribution >= 0.6 is 11.6 Å². The molecule has 28 heavy (non-hydrogen) atoms. The Bertz CT molecular complexity index is 918. The van der Waals surface area contributed by atoms with Gasteiger partial charge in [-0.25, -0.2) is 4.90 Å². The van der Waals surface area contributed by atoms with Crippen molar-refractivity contribution in [3.8, 4) is 11.5 Å². The van der Waals surface area contributed by atoms with E-state index in [2.05, 4.69) is 0 Å². The smallest absolute Gasteiger partial charge is 0.277 e. The minimum Gasteiger partial charge on any atom is -0.494 e. The van der Waals surface area contributed by atoms with E-state index in [1.807, 2.05) is 20.8 Å². The van der Waals surface area contributed by atoms with Gasteiger partial charge >= 0.3 is 0 Å². The lowest BCUT2D eigenvalue weighted by atomic mass is 10.1. The second-order valence-electron chi connectivity index (χ2n) is 6.67. The number of nitrogens with zero attached hydrogens (tertiary/aromatic N) is 1. The van der Waals surface area contributed by atoms with Crippen molar-refractivity contribution in [2.75, 3.05) is 11.5 Å². The fourth-order valence-corrected chi connectivity index (χ4v) is 3.17. The SMILES string of the molecule is CCCOc1cccc(N2C(=O)C(Cl)=C(c3ccc(OC(C)C)cc3)C2=O)c1. The van der Waals surface area contributed by atoms with E-state index < -0.39 is 11.8 Å². The lowest BCUT2D eigenvalue weighted by Gasteiger charge is -2.16. The highest BCUT2D eigenvalue weighted by molar-refractivity contribution is 6.60. The summed E-state index contributed by atoms with van der Waals surface area (Å²) in [5, 5.41) is -0.0950. The van der Waals surface area contributed by atoms with Crippen LogP contribution in [0.25, 0.3) is 5.57 Å². The topological polar surface area (TPSA) is 55.8 Å². The maximum Gasteiger partial charge on any atom is 0.277 e. The van der Waals surface area contributed by atoms with E-state index in [4.69, 9.17) is 21.1 Å². The highest BCUT2D eigenvalue weighted by Crippen LogP contribution is 2.36. The third kappa shape index (κ3) is 4.04. The van der Waals surface area contributed by atoms with Crippen LogP contribution in [0.5, 0.6) is 11.5 Å². The average molecular weight is 400 g/mol. The molecule has 0 saturated heterocycles. The fraction of sp³-hybridized carbons (Fsp3) is 0.273. The van der Waals surface area contributed by atoms with Gasteiger partial charge in [0.1, 0.15) is 16.5 Å². The number of ether oxygens (including phenoxy) is 2. The van der Waals surface area contributed by atoms with Crippen molar-refractivity contribution in [1.29, 1.82) is 0 Å². The Morgan fingerprint density at radius 2 is 1.71 bits per heavy atom. The van der Waals surface area contributed by atoms with E-state index in [1.165, 1.54) is 0 Å². The lowest BCUT2D eigenvalue weighted by Crippen LogP contribution is -2.31. The molecule has 0 unspecified atom stereocenters. The molecule has 5 nitrogen and oxygen atoms in total. The predicted octanol–water partition coefficient (Wildman–Crippen LogP) is 4.79. The Morgan fingerprint density at radius 1 is 1.00 bits per heavy atom. The zero-order chi connectivity index (χ0) is 20.3. The molecular weight excluding hydrogens is 378 g/mol. The molecule has 0 bridgehead atoms. The van der Waals surface area contributed by atoms with Crippen molar-refractivity contribution in [2.45, 2.75) is 33.3 Å². The lowest BCUT2D eigenvalue weighted by molar-refractivity contribution is -0.119. The molecule has 0 N–H and O–H groups in total. The van der Waals surface area contributed by atoms with Gasteiger partial charge in [-0.1, -0.05) is 36.7 Å². The van der Waals surface area contributed by atoms with Crippen LogP contribution in [0.2, 0.25) is 0 Å². The average Bonchev–Trinajstić information content (AvgIpc) is 2.89. The van der Waals surface area contributed by atoms with Crippen molar-refractivity contribution >= 4 is 34.7 Å². The van der Waals surface area contributed by atoms with Gasteiger partial charge in [-0.05, 0) is 50.1 Å². The first-order chi connectivity index (χ1) is 13.4. The Morgan fingerprint density at radius 3 is 2.36 bits per heavy atom. The first-order valence-corrected chi connectivity index (χ1v) is 9.58. The van der Waals surface area contributed by atoms with E-state index in [0.29, 0.717) is 29.4 Å². The van der Waals surface area contributed by atoms with Crippen LogP contribution in [-0.2, 0) is 9.59 Å². The second-order valence-corrected chi connectivity index (χ2v) is 7.05. The molecule has 1 aliphatic heterocycles. The number of carbonyl (C=O) groups is 2. The van der Waals surface area contributed by atoms with Gasteiger partial charge in [0.05, 0.1) is 24.0 Å². The summed E-state index contributed by atoms with van der Waals surface area (Å²) in [5.74, 6) is 0.279. The summed E-state index contributed by atoms with van der Waals surface area (Å²) in [6, 6.07) is 13.8. The molecule has 0 fully saturated rings. The molecule has 0 aromatic heterocycles. The molecule has 0 aliphatic carbocycles. The number of carbonyl (C=O) groups excluding carboxylic acids is 2. The zero-order valence-corrected chi connectivity index (χ0v) is 16.8.